The van der Waals surface area contributed by atoms with Crippen molar-refractivity contribution in [2.24, 2.45) is 0 Å². The Kier molecular flexibility index (Phi) is 2.03. The number of fused-ring (bicyclic) bond motifs is 1. The summed E-state index contributed by atoms with van der Waals surface area (Å²) in [5, 5.41) is 3.75. The maximum atomic E-state index is 13.3. The van der Waals surface area contributed by atoms with Crippen molar-refractivity contribution < 1.29 is 8.91 Å². The number of aromatic nitrogens is 3. The van der Waals surface area contributed by atoms with Crippen molar-refractivity contribution in [1.29, 1.82) is 0 Å². The summed E-state index contributed by atoms with van der Waals surface area (Å²) in [6.45, 7) is 0. The van der Waals surface area contributed by atoms with Gasteiger partial charge in [0, 0.05) is 12.1 Å². The van der Waals surface area contributed by atoms with Gasteiger partial charge in [0.1, 0.15) is 17.8 Å². The van der Waals surface area contributed by atoms with Gasteiger partial charge in [0.25, 0.3) is 0 Å². The zero-order valence-corrected chi connectivity index (χ0v) is 9.45. The molecule has 3 aromatic rings. The van der Waals surface area contributed by atoms with Crippen LogP contribution >= 0.6 is 15.9 Å². The van der Waals surface area contributed by atoms with E-state index in [1.54, 1.807) is 12.1 Å². The van der Waals surface area contributed by atoms with Gasteiger partial charge < -0.3 is 9.51 Å². The van der Waals surface area contributed by atoms with E-state index in [1.807, 2.05) is 0 Å². The highest BCUT2D eigenvalue weighted by atomic mass is 79.9. The van der Waals surface area contributed by atoms with Gasteiger partial charge in [-0.1, -0.05) is 5.16 Å². The molecule has 0 aliphatic carbocycles. The molecule has 1 N–H and O–H groups in total. The third-order valence-corrected chi connectivity index (χ3v) is 2.81. The first-order valence-corrected chi connectivity index (χ1v) is 5.29. The van der Waals surface area contributed by atoms with Gasteiger partial charge in [-0.2, -0.15) is 0 Å². The van der Waals surface area contributed by atoms with Crippen LogP contribution in [-0.2, 0) is 0 Å². The number of benzene rings is 1. The van der Waals surface area contributed by atoms with Crippen molar-refractivity contribution in [2.45, 2.75) is 0 Å². The average molecular weight is 282 g/mol. The van der Waals surface area contributed by atoms with Crippen LogP contribution in [0.5, 0.6) is 0 Å². The lowest BCUT2D eigenvalue weighted by atomic mass is 10.3. The van der Waals surface area contributed by atoms with Crippen molar-refractivity contribution in [3.8, 4) is 11.5 Å². The van der Waals surface area contributed by atoms with Gasteiger partial charge >= 0.3 is 0 Å². The van der Waals surface area contributed by atoms with Gasteiger partial charge in [-0.25, -0.2) is 9.37 Å². The molecule has 2 heterocycles. The van der Waals surface area contributed by atoms with Crippen molar-refractivity contribution in [2.75, 3.05) is 0 Å². The highest BCUT2D eigenvalue weighted by Gasteiger charge is 2.10. The Balaban J connectivity index is 2.23. The molecule has 0 fully saturated rings. The second kappa shape index (κ2) is 3.41. The molecule has 0 spiro atoms. The number of H-pyrrole nitrogens is 1. The molecule has 1 aromatic carbocycles. The van der Waals surface area contributed by atoms with Gasteiger partial charge in [0.15, 0.2) is 5.82 Å². The number of rotatable bonds is 1. The zero-order valence-electron chi connectivity index (χ0n) is 7.87. The lowest BCUT2D eigenvalue weighted by molar-refractivity contribution is 0.422. The summed E-state index contributed by atoms with van der Waals surface area (Å²) in [4.78, 5) is 7.25. The quantitative estimate of drug-likeness (QED) is 0.746. The molecule has 0 radical (unpaired) electrons. The molecule has 0 unspecified atom stereocenters. The normalized spacial score (nSPS) is 11.1. The first kappa shape index (κ1) is 9.53. The molecule has 0 amide bonds. The topological polar surface area (TPSA) is 54.7 Å². The Morgan fingerprint density at radius 1 is 1.38 bits per heavy atom. The fourth-order valence-electron chi connectivity index (χ4n) is 1.46. The van der Waals surface area contributed by atoms with Crippen molar-refractivity contribution >= 4 is 27.0 Å². The fraction of sp³-hybridized carbons (Fsp3) is 0. The Hall–Kier alpha value is -1.69. The van der Waals surface area contributed by atoms with E-state index in [0.29, 0.717) is 27.0 Å². The summed E-state index contributed by atoms with van der Waals surface area (Å²) in [6.07, 6.45) is 1.46. The van der Waals surface area contributed by atoms with Crippen LogP contribution in [0.15, 0.2) is 33.5 Å². The van der Waals surface area contributed by atoms with E-state index in [9.17, 15) is 4.39 Å². The molecule has 0 saturated carbocycles. The molecule has 4 nitrogen and oxygen atoms in total. The first-order valence-electron chi connectivity index (χ1n) is 4.49. The molecular formula is C10H5BrFN3O. The minimum Gasteiger partial charge on any atom is -0.364 e. The molecule has 0 aliphatic rings. The number of imidazole rings is 1. The van der Waals surface area contributed by atoms with Gasteiger partial charge in [-0.15, -0.1) is 0 Å². The molecule has 80 valence electrons. The summed E-state index contributed by atoms with van der Waals surface area (Å²) in [5.41, 5.74) is 1.89. The van der Waals surface area contributed by atoms with Crippen LogP contribution in [-0.4, -0.2) is 15.1 Å². The van der Waals surface area contributed by atoms with E-state index >= 15 is 0 Å². The molecule has 3 rings (SSSR count). The maximum Gasteiger partial charge on any atom is 0.160 e. The van der Waals surface area contributed by atoms with Gasteiger partial charge in [-0.05, 0) is 22.0 Å². The maximum absolute atomic E-state index is 13.3. The molecular weight excluding hydrogens is 277 g/mol. The van der Waals surface area contributed by atoms with Crippen molar-refractivity contribution in [3.63, 3.8) is 0 Å². The van der Waals surface area contributed by atoms with Crippen LogP contribution in [0, 0.1) is 5.82 Å². The van der Waals surface area contributed by atoms with Crippen LogP contribution in [0.1, 0.15) is 0 Å². The molecule has 16 heavy (non-hydrogen) atoms. The standard InChI is InChI=1S/C10H5BrFN3O/c11-5-3-8-9(4-6(5)12)14-10(13-8)7-1-2-16-15-7/h1-4H,(H,13,14). The minimum absolute atomic E-state index is 0.331. The Bertz CT molecular complexity index is 608. The summed E-state index contributed by atoms with van der Waals surface area (Å²) < 4.78 is 18.4. The summed E-state index contributed by atoms with van der Waals surface area (Å²) in [7, 11) is 0. The smallest absolute Gasteiger partial charge is 0.160 e. The summed E-state index contributed by atoms with van der Waals surface area (Å²) >= 11 is 3.11. The number of nitrogens with one attached hydrogen (secondary N) is 1. The van der Waals surface area contributed by atoms with Gasteiger partial charge in [0.05, 0.1) is 15.5 Å². The highest BCUT2D eigenvalue weighted by molar-refractivity contribution is 9.10. The zero-order chi connectivity index (χ0) is 11.1. The average Bonchev–Trinajstić information content (AvgIpc) is 2.86. The van der Waals surface area contributed by atoms with Crippen LogP contribution in [0.25, 0.3) is 22.6 Å². The van der Waals surface area contributed by atoms with E-state index in [2.05, 4.69) is 31.1 Å². The minimum atomic E-state index is -0.331. The van der Waals surface area contributed by atoms with Crippen molar-refractivity contribution in [3.05, 3.63) is 34.8 Å². The van der Waals surface area contributed by atoms with E-state index in [4.69, 9.17) is 4.52 Å². The second-order valence-corrected chi connectivity index (χ2v) is 4.11. The number of aromatic amines is 1. The van der Waals surface area contributed by atoms with E-state index in [-0.39, 0.29) is 5.82 Å². The van der Waals surface area contributed by atoms with Crippen LogP contribution < -0.4 is 0 Å². The number of halogens is 2. The van der Waals surface area contributed by atoms with E-state index in [1.165, 1.54) is 12.3 Å². The number of hydrogen-bond acceptors (Lipinski definition) is 3. The van der Waals surface area contributed by atoms with E-state index < -0.39 is 0 Å². The third kappa shape index (κ3) is 1.42. The SMILES string of the molecule is Fc1cc2[nH]c(-c3ccon3)nc2cc1Br. The molecule has 2 aromatic heterocycles. The molecule has 0 atom stereocenters. The monoisotopic (exact) mass is 281 g/mol. The van der Waals surface area contributed by atoms with Crippen molar-refractivity contribution in [1.82, 2.24) is 15.1 Å². The summed E-state index contributed by atoms with van der Waals surface area (Å²) in [6, 6.07) is 4.68. The summed E-state index contributed by atoms with van der Waals surface area (Å²) in [5.74, 6) is 0.226. The Labute approximate surface area is 97.6 Å². The van der Waals surface area contributed by atoms with Crippen LogP contribution in [0.4, 0.5) is 4.39 Å². The highest BCUT2D eigenvalue weighted by Crippen LogP contribution is 2.24. The number of nitrogens with zero attached hydrogens (tertiary/aromatic N) is 2. The van der Waals surface area contributed by atoms with Gasteiger partial charge in [0.2, 0.25) is 0 Å². The largest absolute Gasteiger partial charge is 0.364 e. The molecule has 0 bridgehead atoms. The molecule has 0 saturated heterocycles. The van der Waals surface area contributed by atoms with Gasteiger partial charge in [-0.3, -0.25) is 0 Å². The predicted molar refractivity (Wildman–Crippen MR) is 59.2 cm³/mol. The van der Waals surface area contributed by atoms with Crippen LogP contribution in [0.3, 0.4) is 0 Å². The first-order chi connectivity index (χ1) is 7.74. The Morgan fingerprint density at radius 3 is 3.00 bits per heavy atom. The number of hydrogen-bond donors (Lipinski definition) is 1. The lowest BCUT2D eigenvalue weighted by Gasteiger charge is -1.92. The molecule has 0 aliphatic heterocycles. The fourth-order valence-corrected chi connectivity index (χ4v) is 1.79. The molecule has 6 heteroatoms. The second-order valence-electron chi connectivity index (χ2n) is 3.25. The van der Waals surface area contributed by atoms with E-state index in [0.717, 1.165) is 0 Å². The third-order valence-electron chi connectivity index (χ3n) is 2.20. The lowest BCUT2D eigenvalue weighted by Crippen LogP contribution is -1.77. The predicted octanol–water partition coefficient (Wildman–Crippen LogP) is 3.12. The Morgan fingerprint density at radius 2 is 2.25 bits per heavy atom. The van der Waals surface area contributed by atoms with Crippen LogP contribution in [0.2, 0.25) is 0 Å².